The number of ether oxygens (including phenoxy) is 2. The van der Waals surface area contributed by atoms with Crippen LogP contribution in [0.3, 0.4) is 0 Å². The van der Waals surface area contributed by atoms with Crippen molar-refractivity contribution < 1.29 is 19.4 Å². The number of hydrogen-bond donors (Lipinski definition) is 3. The number of H-pyrrole nitrogens is 1. The predicted molar refractivity (Wildman–Crippen MR) is 139 cm³/mol. The van der Waals surface area contributed by atoms with Crippen molar-refractivity contribution in [1.29, 1.82) is 0 Å². The predicted octanol–water partition coefficient (Wildman–Crippen LogP) is 5.58. The van der Waals surface area contributed by atoms with Gasteiger partial charge < -0.3 is 24.9 Å². The second-order valence-corrected chi connectivity index (χ2v) is 8.22. The average Bonchev–Trinajstić information content (AvgIpc) is 3.33. The molecule has 0 unspecified atom stereocenters. The molecule has 0 radical (unpaired) electrons. The normalized spacial score (nSPS) is 10.9. The quantitative estimate of drug-likeness (QED) is 0.293. The molecule has 0 fully saturated rings. The molecule has 0 saturated heterocycles. The van der Waals surface area contributed by atoms with Crippen LogP contribution in [0.1, 0.15) is 15.9 Å². The minimum Gasteiger partial charge on any atom is -0.507 e. The smallest absolute Gasteiger partial charge is 0.255 e. The fraction of sp³-hybridized carbons (Fsp3) is 0.107. The molecule has 0 aliphatic rings. The van der Waals surface area contributed by atoms with Gasteiger partial charge in [0, 0.05) is 17.3 Å². The second kappa shape index (κ2) is 9.42. The van der Waals surface area contributed by atoms with E-state index in [1.165, 1.54) is 0 Å². The van der Waals surface area contributed by atoms with E-state index >= 15 is 0 Å². The number of anilines is 1. The van der Waals surface area contributed by atoms with E-state index in [4.69, 9.17) is 9.47 Å². The molecule has 2 heterocycles. The summed E-state index contributed by atoms with van der Waals surface area (Å²) in [7, 11) is 3.13. The lowest BCUT2D eigenvalue weighted by Crippen LogP contribution is -2.13. The number of aromatic nitrogens is 3. The minimum absolute atomic E-state index is 0.0743. The zero-order valence-corrected chi connectivity index (χ0v) is 20.0. The Hall–Kier alpha value is -4.85. The number of rotatable bonds is 6. The van der Waals surface area contributed by atoms with Crippen molar-refractivity contribution in [3.63, 3.8) is 0 Å². The van der Waals surface area contributed by atoms with E-state index in [1.54, 1.807) is 56.8 Å². The average molecular weight is 481 g/mol. The Morgan fingerprint density at radius 1 is 0.972 bits per heavy atom. The SMILES string of the molecule is COc1cccc(C)c1NC(=O)c1ccc2[nH]c(-c3cc(-c4cccnc4OC)ccc3O)nc2c1. The van der Waals surface area contributed by atoms with Gasteiger partial charge in [0.05, 0.1) is 36.5 Å². The van der Waals surface area contributed by atoms with E-state index in [9.17, 15) is 9.90 Å². The summed E-state index contributed by atoms with van der Waals surface area (Å²) in [6, 6.07) is 19.8. The second-order valence-electron chi connectivity index (χ2n) is 8.22. The van der Waals surface area contributed by atoms with Crippen molar-refractivity contribution >= 4 is 22.6 Å². The van der Waals surface area contributed by atoms with Gasteiger partial charge in [0.2, 0.25) is 5.88 Å². The van der Waals surface area contributed by atoms with Crippen molar-refractivity contribution in [3.05, 3.63) is 84.1 Å². The summed E-state index contributed by atoms with van der Waals surface area (Å²) in [5.41, 5.74) is 5.43. The molecule has 8 nitrogen and oxygen atoms in total. The Morgan fingerprint density at radius 2 is 1.83 bits per heavy atom. The van der Waals surface area contributed by atoms with Crippen LogP contribution in [0, 0.1) is 6.92 Å². The molecular weight excluding hydrogens is 456 g/mol. The van der Waals surface area contributed by atoms with E-state index in [-0.39, 0.29) is 11.7 Å². The van der Waals surface area contributed by atoms with E-state index < -0.39 is 0 Å². The number of methoxy groups -OCH3 is 2. The number of fused-ring (bicyclic) bond motifs is 1. The number of carbonyl (C=O) groups excluding carboxylic acids is 1. The van der Waals surface area contributed by atoms with Gasteiger partial charge in [-0.3, -0.25) is 4.79 Å². The van der Waals surface area contributed by atoms with E-state index in [0.29, 0.717) is 39.8 Å². The number of phenolic OH excluding ortho intramolecular Hbond substituents is 1. The number of phenols is 1. The Kier molecular flexibility index (Phi) is 6.00. The highest BCUT2D eigenvalue weighted by Crippen LogP contribution is 2.36. The zero-order valence-electron chi connectivity index (χ0n) is 20.0. The third kappa shape index (κ3) is 4.20. The number of pyridine rings is 1. The molecule has 0 saturated carbocycles. The van der Waals surface area contributed by atoms with Gasteiger partial charge in [-0.2, -0.15) is 0 Å². The largest absolute Gasteiger partial charge is 0.507 e. The number of aromatic hydroxyl groups is 1. The summed E-state index contributed by atoms with van der Waals surface area (Å²) in [6.45, 7) is 1.91. The van der Waals surface area contributed by atoms with Gasteiger partial charge in [0.25, 0.3) is 5.91 Å². The lowest BCUT2D eigenvalue weighted by Gasteiger charge is -2.12. The number of hydrogen-bond acceptors (Lipinski definition) is 6. The summed E-state index contributed by atoms with van der Waals surface area (Å²) >= 11 is 0. The highest BCUT2D eigenvalue weighted by atomic mass is 16.5. The van der Waals surface area contributed by atoms with Crippen molar-refractivity contribution in [2.75, 3.05) is 19.5 Å². The number of aromatic amines is 1. The first-order chi connectivity index (χ1) is 17.5. The van der Waals surface area contributed by atoms with Gasteiger partial charge in [-0.15, -0.1) is 0 Å². The van der Waals surface area contributed by atoms with Crippen molar-refractivity contribution in [2.45, 2.75) is 6.92 Å². The number of imidazole rings is 1. The summed E-state index contributed by atoms with van der Waals surface area (Å²) < 4.78 is 10.8. The maximum Gasteiger partial charge on any atom is 0.255 e. The minimum atomic E-state index is -0.275. The van der Waals surface area contributed by atoms with E-state index in [0.717, 1.165) is 22.2 Å². The molecule has 1 amide bonds. The van der Waals surface area contributed by atoms with Crippen LogP contribution in [0.2, 0.25) is 0 Å². The molecule has 0 bridgehead atoms. The third-order valence-electron chi connectivity index (χ3n) is 5.97. The summed E-state index contributed by atoms with van der Waals surface area (Å²) in [6.07, 6.45) is 1.66. The molecular formula is C28H24N4O4. The molecule has 5 aromatic rings. The molecule has 5 rings (SSSR count). The summed E-state index contributed by atoms with van der Waals surface area (Å²) in [5.74, 6) is 1.35. The van der Waals surface area contributed by atoms with Gasteiger partial charge in [-0.25, -0.2) is 9.97 Å². The Labute approximate surface area is 207 Å². The number of nitrogens with zero attached hydrogens (tertiary/aromatic N) is 2. The Bertz CT molecular complexity index is 1590. The third-order valence-corrected chi connectivity index (χ3v) is 5.97. The number of carbonyl (C=O) groups is 1. The van der Waals surface area contributed by atoms with Gasteiger partial charge >= 0.3 is 0 Å². The standard InChI is InChI=1S/C28H24N4O4/c1-16-6-4-8-24(35-2)25(16)32-27(34)18-9-11-21-22(15-18)31-26(30-21)20-14-17(10-12-23(20)33)19-7-5-13-29-28(19)36-3/h4-15,33H,1-3H3,(H,30,31)(H,32,34). The highest BCUT2D eigenvalue weighted by Gasteiger charge is 2.16. The van der Waals surface area contributed by atoms with Crippen LogP contribution in [0.15, 0.2) is 72.9 Å². The first kappa shape index (κ1) is 22.9. The maximum absolute atomic E-state index is 13.0. The van der Waals surface area contributed by atoms with Crippen molar-refractivity contribution in [3.8, 4) is 39.9 Å². The summed E-state index contributed by atoms with van der Waals surface area (Å²) in [5, 5.41) is 13.5. The number of benzene rings is 3. The number of nitrogens with one attached hydrogen (secondary N) is 2. The van der Waals surface area contributed by atoms with Crippen molar-refractivity contribution in [1.82, 2.24) is 15.0 Å². The van der Waals surface area contributed by atoms with E-state index in [2.05, 4.69) is 20.3 Å². The number of para-hydroxylation sites is 1. The number of aryl methyl sites for hydroxylation is 1. The summed E-state index contributed by atoms with van der Waals surface area (Å²) in [4.78, 5) is 25.1. The topological polar surface area (TPSA) is 109 Å². The zero-order chi connectivity index (χ0) is 25.2. The fourth-order valence-corrected chi connectivity index (χ4v) is 4.10. The molecule has 0 atom stereocenters. The van der Waals surface area contributed by atoms with Gasteiger partial charge in [0.15, 0.2) is 0 Å². The van der Waals surface area contributed by atoms with Crippen LogP contribution >= 0.6 is 0 Å². The first-order valence-corrected chi connectivity index (χ1v) is 11.3. The number of amides is 1. The van der Waals surface area contributed by atoms with Crippen LogP contribution < -0.4 is 14.8 Å². The Morgan fingerprint density at radius 3 is 2.64 bits per heavy atom. The van der Waals surface area contributed by atoms with Gasteiger partial charge in [0.1, 0.15) is 17.3 Å². The van der Waals surface area contributed by atoms with Crippen molar-refractivity contribution in [2.24, 2.45) is 0 Å². The van der Waals surface area contributed by atoms with E-state index in [1.807, 2.05) is 37.3 Å². The van der Waals surface area contributed by atoms with Crippen LogP contribution in [0.5, 0.6) is 17.4 Å². The van der Waals surface area contributed by atoms with Gasteiger partial charge in [-0.1, -0.05) is 18.2 Å². The first-order valence-electron chi connectivity index (χ1n) is 11.3. The lowest BCUT2D eigenvalue weighted by molar-refractivity contribution is 0.102. The van der Waals surface area contributed by atoms with Crippen LogP contribution in [-0.2, 0) is 0 Å². The van der Waals surface area contributed by atoms with Gasteiger partial charge in [-0.05, 0) is 66.6 Å². The van der Waals surface area contributed by atoms with Crippen LogP contribution in [0.25, 0.3) is 33.5 Å². The maximum atomic E-state index is 13.0. The van der Waals surface area contributed by atoms with Crippen LogP contribution in [-0.4, -0.2) is 40.2 Å². The molecule has 0 spiro atoms. The fourth-order valence-electron chi connectivity index (χ4n) is 4.10. The lowest BCUT2D eigenvalue weighted by atomic mass is 10.0. The Balaban J connectivity index is 1.49. The molecule has 180 valence electrons. The monoisotopic (exact) mass is 480 g/mol. The molecule has 8 heteroatoms. The highest BCUT2D eigenvalue weighted by molar-refractivity contribution is 6.07. The molecule has 3 N–H and O–H groups in total. The molecule has 0 aliphatic heterocycles. The molecule has 0 aliphatic carbocycles. The van der Waals surface area contributed by atoms with Crippen LogP contribution in [0.4, 0.5) is 5.69 Å². The molecule has 3 aromatic carbocycles. The molecule has 36 heavy (non-hydrogen) atoms. The molecule has 2 aromatic heterocycles.